The molecule has 0 aromatic carbocycles. The van der Waals surface area contributed by atoms with Crippen molar-refractivity contribution in [3.8, 4) is 0 Å². The first-order valence-corrected chi connectivity index (χ1v) is 7.75. The molecule has 0 aliphatic heterocycles. The maximum atomic E-state index is 12.4. The Kier molecular flexibility index (Phi) is 2.65. The topological polar surface area (TPSA) is 17.1 Å². The van der Waals surface area contributed by atoms with Gasteiger partial charge >= 0.3 is 0 Å². The van der Waals surface area contributed by atoms with Crippen LogP contribution in [0, 0.1) is 13.8 Å². The number of aryl methyl sites for hydroxylation is 2. The Bertz CT molecular complexity index is 671. The first-order valence-electron chi connectivity index (χ1n) is 5.24. The second-order valence-electron chi connectivity index (χ2n) is 3.92. The maximum absolute atomic E-state index is 12.4. The van der Waals surface area contributed by atoms with Crippen molar-refractivity contribution in [1.29, 1.82) is 0 Å². The molecule has 3 aromatic rings. The van der Waals surface area contributed by atoms with Crippen LogP contribution in [0.2, 0.25) is 0 Å². The quantitative estimate of drug-likeness (QED) is 0.611. The Morgan fingerprint density at radius 1 is 1.12 bits per heavy atom. The molecule has 0 N–H and O–H groups in total. The summed E-state index contributed by atoms with van der Waals surface area (Å²) >= 11 is 4.97. The minimum Gasteiger partial charge on any atom is -0.288 e. The van der Waals surface area contributed by atoms with Gasteiger partial charge in [-0.15, -0.1) is 34.0 Å². The number of fused-ring (bicyclic) bond motifs is 1. The molecule has 0 bridgehead atoms. The van der Waals surface area contributed by atoms with Gasteiger partial charge in [0.15, 0.2) is 0 Å². The van der Waals surface area contributed by atoms with Gasteiger partial charge in [0, 0.05) is 24.7 Å². The van der Waals surface area contributed by atoms with Crippen molar-refractivity contribution in [1.82, 2.24) is 0 Å². The van der Waals surface area contributed by atoms with Crippen LogP contribution in [0.1, 0.15) is 25.0 Å². The number of rotatable bonds is 2. The molecular formula is C13H10OS3. The van der Waals surface area contributed by atoms with E-state index in [1.165, 1.54) is 14.3 Å². The minimum atomic E-state index is 0.167. The van der Waals surface area contributed by atoms with Gasteiger partial charge < -0.3 is 0 Å². The van der Waals surface area contributed by atoms with E-state index in [0.29, 0.717) is 0 Å². The van der Waals surface area contributed by atoms with Crippen LogP contribution in [0.25, 0.3) is 9.40 Å². The number of hydrogen-bond donors (Lipinski definition) is 0. The van der Waals surface area contributed by atoms with E-state index < -0.39 is 0 Å². The van der Waals surface area contributed by atoms with Gasteiger partial charge in [-0.3, -0.25) is 4.79 Å². The van der Waals surface area contributed by atoms with E-state index in [2.05, 4.69) is 11.4 Å². The van der Waals surface area contributed by atoms with Gasteiger partial charge in [-0.25, -0.2) is 0 Å². The molecule has 0 unspecified atom stereocenters. The lowest BCUT2D eigenvalue weighted by Gasteiger charge is -1.95. The van der Waals surface area contributed by atoms with E-state index in [9.17, 15) is 4.79 Å². The lowest BCUT2D eigenvalue weighted by Crippen LogP contribution is -1.97. The molecule has 3 aromatic heterocycles. The molecule has 0 atom stereocenters. The van der Waals surface area contributed by atoms with Gasteiger partial charge in [0.2, 0.25) is 5.78 Å². The summed E-state index contributed by atoms with van der Waals surface area (Å²) in [5, 5.41) is 2.06. The van der Waals surface area contributed by atoms with Crippen LogP contribution in [-0.2, 0) is 0 Å². The van der Waals surface area contributed by atoms with Crippen molar-refractivity contribution in [2.75, 3.05) is 0 Å². The second-order valence-corrected chi connectivity index (χ2v) is 7.41. The van der Waals surface area contributed by atoms with Crippen molar-refractivity contribution in [2.24, 2.45) is 0 Å². The Balaban J connectivity index is 2.07. The number of ketones is 1. The first kappa shape index (κ1) is 11.1. The Hall–Kier alpha value is -0.970. The van der Waals surface area contributed by atoms with E-state index in [4.69, 9.17) is 0 Å². The second kappa shape index (κ2) is 4.05. The molecule has 0 aliphatic carbocycles. The summed E-state index contributed by atoms with van der Waals surface area (Å²) < 4.78 is 2.42. The third-order valence-electron chi connectivity index (χ3n) is 2.65. The minimum absolute atomic E-state index is 0.167. The van der Waals surface area contributed by atoms with Crippen LogP contribution in [0.5, 0.6) is 0 Å². The SMILES string of the molecule is Cc1cc(C(=O)c2cc3sccc3s2)c(C)s1. The van der Waals surface area contributed by atoms with E-state index in [1.807, 2.05) is 26.0 Å². The maximum Gasteiger partial charge on any atom is 0.204 e. The number of carbonyl (C=O) groups is 1. The molecule has 1 nitrogen and oxygen atoms in total. The van der Waals surface area contributed by atoms with Crippen molar-refractivity contribution in [3.63, 3.8) is 0 Å². The van der Waals surface area contributed by atoms with Crippen LogP contribution in [0.3, 0.4) is 0 Å². The Morgan fingerprint density at radius 2 is 1.94 bits per heavy atom. The van der Waals surface area contributed by atoms with Crippen LogP contribution < -0.4 is 0 Å². The normalized spacial score (nSPS) is 11.2. The first-order chi connectivity index (χ1) is 8.15. The largest absolute Gasteiger partial charge is 0.288 e. The zero-order chi connectivity index (χ0) is 12.0. The van der Waals surface area contributed by atoms with Crippen LogP contribution in [0.4, 0.5) is 0 Å². The third-order valence-corrected chi connectivity index (χ3v) is 5.71. The van der Waals surface area contributed by atoms with Gasteiger partial charge in [-0.2, -0.15) is 0 Å². The van der Waals surface area contributed by atoms with Crippen LogP contribution >= 0.6 is 34.0 Å². The highest BCUT2D eigenvalue weighted by molar-refractivity contribution is 7.28. The summed E-state index contributed by atoms with van der Waals surface area (Å²) in [6, 6.07) is 6.09. The van der Waals surface area contributed by atoms with Crippen LogP contribution in [0.15, 0.2) is 23.6 Å². The predicted molar refractivity (Wildman–Crippen MR) is 76.9 cm³/mol. The lowest BCUT2D eigenvalue weighted by atomic mass is 10.1. The van der Waals surface area contributed by atoms with Gasteiger partial charge in [0.1, 0.15) is 0 Å². The molecule has 0 spiro atoms. The zero-order valence-electron chi connectivity index (χ0n) is 9.44. The highest BCUT2D eigenvalue weighted by Gasteiger charge is 2.16. The van der Waals surface area contributed by atoms with Gasteiger partial charge in [0.05, 0.1) is 4.88 Å². The smallest absolute Gasteiger partial charge is 0.204 e. The predicted octanol–water partition coefficient (Wildman–Crippen LogP) is 4.87. The highest BCUT2D eigenvalue weighted by Crippen LogP contribution is 2.32. The summed E-state index contributed by atoms with van der Waals surface area (Å²) in [7, 11) is 0. The molecule has 3 heterocycles. The van der Waals surface area contributed by atoms with Crippen molar-refractivity contribution >= 4 is 49.2 Å². The average Bonchev–Trinajstić information content (AvgIpc) is 2.90. The number of thiophene rings is 3. The molecule has 86 valence electrons. The zero-order valence-corrected chi connectivity index (χ0v) is 11.9. The fourth-order valence-corrected chi connectivity index (χ4v) is 4.85. The molecule has 0 amide bonds. The molecule has 0 radical (unpaired) electrons. The van der Waals surface area contributed by atoms with Gasteiger partial charge in [-0.05, 0) is 37.4 Å². The molecular weight excluding hydrogens is 268 g/mol. The lowest BCUT2D eigenvalue weighted by molar-refractivity contribution is 0.104. The van der Waals surface area contributed by atoms with Gasteiger partial charge in [-0.1, -0.05) is 0 Å². The molecule has 17 heavy (non-hydrogen) atoms. The van der Waals surface area contributed by atoms with E-state index in [0.717, 1.165) is 15.3 Å². The number of hydrogen-bond acceptors (Lipinski definition) is 4. The number of carbonyl (C=O) groups excluding carboxylic acids is 1. The van der Waals surface area contributed by atoms with Crippen molar-refractivity contribution in [3.05, 3.63) is 43.8 Å². The molecule has 4 heteroatoms. The molecule has 0 saturated carbocycles. The fraction of sp³-hybridized carbons (Fsp3) is 0.154. The van der Waals surface area contributed by atoms with E-state index in [-0.39, 0.29) is 5.78 Å². The van der Waals surface area contributed by atoms with Crippen LogP contribution in [-0.4, -0.2) is 5.78 Å². The standard InChI is InChI=1S/C13H10OS3/c1-7-5-9(8(2)16-7)13(14)12-6-11-10(17-12)3-4-15-11/h3-6H,1-2H3. The summed E-state index contributed by atoms with van der Waals surface area (Å²) in [6.45, 7) is 4.06. The highest BCUT2D eigenvalue weighted by atomic mass is 32.1. The summed E-state index contributed by atoms with van der Waals surface area (Å²) in [4.78, 5) is 15.5. The molecule has 0 aliphatic rings. The Labute approximate surface area is 111 Å². The van der Waals surface area contributed by atoms with Gasteiger partial charge in [0.25, 0.3) is 0 Å². The molecule has 0 saturated heterocycles. The fourth-order valence-electron chi connectivity index (χ4n) is 1.87. The third kappa shape index (κ3) is 1.86. The molecule has 3 rings (SSSR count). The monoisotopic (exact) mass is 278 g/mol. The van der Waals surface area contributed by atoms with E-state index in [1.54, 1.807) is 34.0 Å². The summed E-state index contributed by atoms with van der Waals surface area (Å²) in [5.74, 6) is 0.167. The summed E-state index contributed by atoms with van der Waals surface area (Å²) in [6.07, 6.45) is 0. The Morgan fingerprint density at radius 3 is 2.59 bits per heavy atom. The average molecular weight is 278 g/mol. The van der Waals surface area contributed by atoms with E-state index >= 15 is 0 Å². The van der Waals surface area contributed by atoms with Crippen molar-refractivity contribution in [2.45, 2.75) is 13.8 Å². The summed E-state index contributed by atoms with van der Waals surface area (Å²) in [5.41, 5.74) is 0.862. The molecule has 0 fully saturated rings. The van der Waals surface area contributed by atoms with Crippen molar-refractivity contribution < 1.29 is 4.79 Å².